The van der Waals surface area contributed by atoms with Crippen LogP contribution in [-0.2, 0) is 13.0 Å². The van der Waals surface area contributed by atoms with Crippen LogP contribution in [0, 0.1) is 20.8 Å². The highest BCUT2D eigenvalue weighted by atomic mass is 35.5. The molecule has 0 saturated heterocycles. The lowest BCUT2D eigenvalue weighted by atomic mass is 10.1. The van der Waals surface area contributed by atoms with Crippen LogP contribution < -0.4 is 0 Å². The second-order valence-electron chi connectivity index (χ2n) is 4.59. The Morgan fingerprint density at radius 2 is 2.11 bits per heavy atom. The molecule has 0 spiro atoms. The highest BCUT2D eigenvalue weighted by molar-refractivity contribution is 6.32. The number of furan rings is 1. The van der Waals surface area contributed by atoms with Gasteiger partial charge in [-0.1, -0.05) is 11.6 Å². The Kier molecular flexibility index (Phi) is 3.80. The normalized spacial score (nSPS) is 11.0. The van der Waals surface area contributed by atoms with E-state index < -0.39 is 0 Å². The van der Waals surface area contributed by atoms with Gasteiger partial charge in [0, 0.05) is 6.54 Å². The van der Waals surface area contributed by atoms with E-state index >= 15 is 0 Å². The third-order valence-corrected chi connectivity index (χ3v) is 3.61. The molecule has 0 aliphatic carbocycles. The Bertz CT molecular complexity index is 626. The first-order valence-corrected chi connectivity index (χ1v) is 6.63. The summed E-state index contributed by atoms with van der Waals surface area (Å²) >= 11 is 6.21. The summed E-state index contributed by atoms with van der Waals surface area (Å²) in [6.45, 7) is 8.14. The molecule has 2 aromatic heterocycles. The zero-order valence-electron chi connectivity index (χ0n) is 11.6. The van der Waals surface area contributed by atoms with Gasteiger partial charge in [-0.05, 0) is 33.8 Å². The van der Waals surface area contributed by atoms with Crippen LogP contribution in [0.2, 0.25) is 5.02 Å². The van der Waals surface area contributed by atoms with Crippen molar-refractivity contribution >= 4 is 17.4 Å². The molecule has 0 unspecified atom stereocenters. The summed E-state index contributed by atoms with van der Waals surface area (Å²) in [7, 11) is 0. The highest BCUT2D eigenvalue weighted by Crippen LogP contribution is 2.23. The predicted octanol–water partition coefficient (Wildman–Crippen LogP) is 3.50. The van der Waals surface area contributed by atoms with Gasteiger partial charge in [0.15, 0.2) is 5.78 Å². The van der Waals surface area contributed by atoms with E-state index in [-0.39, 0.29) is 12.2 Å². The minimum atomic E-state index is 0.00542. The number of halogens is 1. The van der Waals surface area contributed by atoms with Crippen molar-refractivity contribution in [3.8, 4) is 0 Å². The van der Waals surface area contributed by atoms with Crippen LogP contribution >= 0.6 is 11.6 Å². The zero-order chi connectivity index (χ0) is 14.2. The molecule has 0 N–H and O–H groups in total. The van der Waals surface area contributed by atoms with E-state index in [1.54, 1.807) is 17.7 Å². The van der Waals surface area contributed by atoms with Crippen molar-refractivity contribution in [2.75, 3.05) is 0 Å². The third kappa shape index (κ3) is 2.59. The van der Waals surface area contributed by atoms with Gasteiger partial charge in [-0.3, -0.25) is 9.48 Å². The average Bonchev–Trinajstić information content (AvgIpc) is 2.83. The van der Waals surface area contributed by atoms with E-state index in [1.807, 2.05) is 20.8 Å². The maximum absolute atomic E-state index is 12.3. The quantitative estimate of drug-likeness (QED) is 0.805. The Hall–Kier alpha value is -1.55. The number of carbonyl (C=O) groups is 1. The first-order valence-electron chi connectivity index (χ1n) is 6.26. The van der Waals surface area contributed by atoms with Gasteiger partial charge in [0.1, 0.15) is 11.5 Å². The summed E-state index contributed by atoms with van der Waals surface area (Å²) in [5.41, 5.74) is 2.14. The van der Waals surface area contributed by atoms with Crippen molar-refractivity contribution in [1.29, 1.82) is 0 Å². The van der Waals surface area contributed by atoms with E-state index in [1.165, 1.54) is 0 Å². The van der Waals surface area contributed by atoms with Crippen molar-refractivity contribution in [2.45, 2.75) is 40.7 Å². The Morgan fingerprint density at radius 1 is 1.42 bits per heavy atom. The van der Waals surface area contributed by atoms with Crippen LogP contribution in [-0.4, -0.2) is 15.6 Å². The Morgan fingerprint density at radius 3 is 2.63 bits per heavy atom. The summed E-state index contributed by atoms with van der Waals surface area (Å²) in [5.74, 6) is 1.40. The second-order valence-corrected chi connectivity index (χ2v) is 4.97. The predicted molar refractivity (Wildman–Crippen MR) is 73.9 cm³/mol. The fraction of sp³-hybridized carbons (Fsp3) is 0.429. The van der Waals surface area contributed by atoms with Crippen LogP contribution in [0.4, 0.5) is 0 Å². The average molecular weight is 281 g/mol. The van der Waals surface area contributed by atoms with Crippen LogP contribution in [0.15, 0.2) is 10.5 Å². The molecule has 0 radical (unpaired) electrons. The van der Waals surface area contributed by atoms with Gasteiger partial charge in [0.25, 0.3) is 0 Å². The standard InChI is InChI=1S/C14H17ClN2O2/c1-5-17-12(14(15)9(3)16-17)7-13(18)11-6-8(2)19-10(11)4/h6H,5,7H2,1-4H3. The second kappa shape index (κ2) is 5.21. The molecule has 102 valence electrons. The van der Waals surface area contributed by atoms with Crippen molar-refractivity contribution < 1.29 is 9.21 Å². The van der Waals surface area contributed by atoms with Gasteiger partial charge in [-0.15, -0.1) is 0 Å². The Balaban J connectivity index is 2.31. The largest absolute Gasteiger partial charge is 0.466 e. The van der Waals surface area contributed by atoms with Crippen LogP contribution in [0.5, 0.6) is 0 Å². The molecule has 0 aliphatic rings. The number of aromatic nitrogens is 2. The first-order chi connectivity index (χ1) is 8.93. The fourth-order valence-corrected chi connectivity index (χ4v) is 2.40. The summed E-state index contributed by atoms with van der Waals surface area (Å²) in [5, 5.41) is 4.89. The monoisotopic (exact) mass is 280 g/mol. The number of ketones is 1. The topological polar surface area (TPSA) is 48.0 Å². The molecule has 19 heavy (non-hydrogen) atoms. The van der Waals surface area contributed by atoms with E-state index in [4.69, 9.17) is 16.0 Å². The molecule has 0 bridgehead atoms. The van der Waals surface area contributed by atoms with Crippen LogP contribution in [0.1, 0.15) is 40.2 Å². The lowest BCUT2D eigenvalue weighted by Gasteiger charge is -2.04. The SMILES string of the molecule is CCn1nc(C)c(Cl)c1CC(=O)c1cc(C)oc1C. The van der Waals surface area contributed by atoms with Crippen molar-refractivity contribution in [3.63, 3.8) is 0 Å². The summed E-state index contributed by atoms with van der Waals surface area (Å²) in [4.78, 5) is 12.3. The van der Waals surface area contributed by atoms with Crippen molar-refractivity contribution in [2.24, 2.45) is 0 Å². The van der Waals surface area contributed by atoms with Crippen molar-refractivity contribution in [1.82, 2.24) is 9.78 Å². The summed E-state index contributed by atoms with van der Waals surface area (Å²) in [6, 6.07) is 1.77. The lowest BCUT2D eigenvalue weighted by Crippen LogP contribution is -2.10. The third-order valence-electron chi connectivity index (χ3n) is 3.12. The molecule has 2 aromatic rings. The fourth-order valence-electron chi connectivity index (χ4n) is 2.19. The molecule has 2 heterocycles. The zero-order valence-corrected chi connectivity index (χ0v) is 12.3. The van der Waals surface area contributed by atoms with E-state index in [2.05, 4.69) is 5.10 Å². The van der Waals surface area contributed by atoms with E-state index in [0.29, 0.717) is 22.9 Å². The van der Waals surface area contributed by atoms with Crippen LogP contribution in [0.3, 0.4) is 0 Å². The smallest absolute Gasteiger partial charge is 0.172 e. The number of hydrogen-bond acceptors (Lipinski definition) is 3. The number of nitrogens with zero attached hydrogens (tertiary/aromatic N) is 2. The molecular formula is C14H17ClN2O2. The molecule has 0 aromatic carbocycles. The lowest BCUT2D eigenvalue weighted by molar-refractivity contribution is 0.0989. The van der Waals surface area contributed by atoms with Gasteiger partial charge in [0.2, 0.25) is 0 Å². The maximum atomic E-state index is 12.3. The molecule has 4 nitrogen and oxygen atoms in total. The van der Waals surface area contributed by atoms with Gasteiger partial charge < -0.3 is 4.42 Å². The first kappa shape index (κ1) is 13.9. The number of hydrogen-bond donors (Lipinski definition) is 0. The molecular weight excluding hydrogens is 264 g/mol. The maximum Gasteiger partial charge on any atom is 0.172 e. The number of Topliss-reactive ketones (excluding diaryl/α,β-unsaturated/α-hetero) is 1. The molecule has 0 amide bonds. The summed E-state index contributed by atoms with van der Waals surface area (Å²) in [6.07, 6.45) is 0.243. The summed E-state index contributed by atoms with van der Waals surface area (Å²) < 4.78 is 7.16. The van der Waals surface area contributed by atoms with Gasteiger partial charge in [0.05, 0.1) is 28.4 Å². The molecule has 2 rings (SSSR count). The minimum Gasteiger partial charge on any atom is -0.466 e. The van der Waals surface area contributed by atoms with Crippen molar-refractivity contribution in [3.05, 3.63) is 39.6 Å². The molecule has 0 saturated carbocycles. The van der Waals surface area contributed by atoms with E-state index in [0.717, 1.165) is 17.1 Å². The minimum absolute atomic E-state index is 0.00542. The van der Waals surface area contributed by atoms with Crippen LogP contribution in [0.25, 0.3) is 0 Å². The van der Waals surface area contributed by atoms with Gasteiger partial charge in [-0.25, -0.2) is 0 Å². The van der Waals surface area contributed by atoms with E-state index in [9.17, 15) is 4.79 Å². The molecule has 5 heteroatoms. The van der Waals surface area contributed by atoms with Gasteiger partial charge in [-0.2, -0.15) is 5.10 Å². The Labute approximate surface area is 117 Å². The number of rotatable bonds is 4. The van der Waals surface area contributed by atoms with Gasteiger partial charge >= 0.3 is 0 Å². The number of carbonyl (C=O) groups excluding carboxylic acids is 1. The number of aryl methyl sites for hydroxylation is 4. The highest BCUT2D eigenvalue weighted by Gasteiger charge is 2.19. The molecule has 0 atom stereocenters. The molecule has 0 aliphatic heterocycles. The molecule has 0 fully saturated rings.